The Morgan fingerprint density at radius 3 is 2.35 bits per heavy atom. The summed E-state index contributed by atoms with van der Waals surface area (Å²) in [6.45, 7) is 12.5. The molecule has 2 aliphatic heterocycles. The molecule has 2 atom stereocenters. The van der Waals surface area contributed by atoms with E-state index < -0.39 is 0 Å². The largest absolute Gasteiger partial charge is 0.304 e. The first-order chi connectivity index (χ1) is 8.11. The summed E-state index contributed by atoms with van der Waals surface area (Å²) in [6, 6.07) is 1.67. The molecule has 3 rings (SSSR count). The summed E-state index contributed by atoms with van der Waals surface area (Å²) < 4.78 is 0. The van der Waals surface area contributed by atoms with Gasteiger partial charge in [0.2, 0.25) is 0 Å². The fourth-order valence-electron chi connectivity index (χ4n) is 3.89. The van der Waals surface area contributed by atoms with E-state index in [1.54, 1.807) is 0 Å². The van der Waals surface area contributed by atoms with Crippen LogP contribution in [0.2, 0.25) is 0 Å². The second-order valence-corrected chi connectivity index (χ2v) is 6.74. The lowest BCUT2D eigenvalue weighted by Gasteiger charge is -2.34. The fourth-order valence-corrected chi connectivity index (χ4v) is 3.89. The number of fused-ring (bicyclic) bond motifs is 1. The van der Waals surface area contributed by atoms with Crippen LogP contribution in [0, 0.1) is 5.41 Å². The van der Waals surface area contributed by atoms with E-state index in [1.807, 2.05) is 0 Å². The van der Waals surface area contributed by atoms with Crippen molar-refractivity contribution in [1.82, 2.24) is 14.7 Å². The highest BCUT2D eigenvalue weighted by Gasteiger charge is 2.61. The zero-order valence-corrected chi connectivity index (χ0v) is 11.7. The number of likely N-dealkylation sites (tertiary alicyclic amines) is 1. The lowest BCUT2D eigenvalue weighted by molar-refractivity contribution is 0.129. The SMILES string of the molecule is CC(C)N1CCC2(CN3CCN(C)CC3)CC12. The molecular weight excluding hydrogens is 210 g/mol. The van der Waals surface area contributed by atoms with Crippen molar-refractivity contribution in [3.63, 3.8) is 0 Å². The molecular formula is C14H27N3. The van der Waals surface area contributed by atoms with Gasteiger partial charge in [0.1, 0.15) is 0 Å². The third kappa shape index (κ3) is 2.13. The van der Waals surface area contributed by atoms with Crippen LogP contribution in [0.5, 0.6) is 0 Å². The Morgan fingerprint density at radius 1 is 1.12 bits per heavy atom. The van der Waals surface area contributed by atoms with Crippen LogP contribution in [-0.4, -0.2) is 73.1 Å². The van der Waals surface area contributed by atoms with Gasteiger partial charge >= 0.3 is 0 Å². The predicted octanol–water partition coefficient (Wildman–Crippen LogP) is 1.11. The first kappa shape index (κ1) is 11.9. The molecule has 1 saturated carbocycles. The van der Waals surface area contributed by atoms with Crippen molar-refractivity contribution in [2.75, 3.05) is 46.3 Å². The first-order valence-electron chi connectivity index (χ1n) is 7.27. The summed E-state index contributed by atoms with van der Waals surface area (Å²) in [5.41, 5.74) is 0.695. The summed E-state index contributed by atoms with van der Waals surface area (Å²) in [5, 5.41) is 0. The maximum Gasteiger partial charge on any atom is 0.0174 e. The predicted molar refractivity (Wildman–Crippen MR) is 71.2 cm³/mol. The standard InChI is InChI=1S/C14H27N3/c1-12(2)17-5-4-14(10-13(14)17)11-16-8-6-15(3)7-9-16/h12-13H,4-11H2,1-3H3. The van der Waals surface area contributed by atoms with Gasteiger partial charge < -0.3 is 9.80 Å². The van der Waals surface area contributed by atoms with E-state index in [9.17, 15) is 0 Å². The summed E-state index contributed by atoms with van der Waals surface area (Å²) in [6.07, 6.45) is 2.92. The Balaban J connectivity index is 1.54. The minimum absolute atomic E-state index is 0.695. The van der Waals surface area contributed by atoms with Gasteiger partial charge in [-0.25, -0.2) is 0 Å². The molecule has 0 N–H and O–H groups in total. The normalized spacial score (nSPS) is 39.9. The van der Waals surface area contributed by atoms with E-state index >= 15 is 0 Å². The molecule has 1 aliphatic carbocycles. The van der Waals surface area contributed by atoms with Crippen LogP contribution in [0.4, 0.5) is 0 Å². The highest BCUT2D eigenvalue weighted by Crippen LogP contribution is 2.58. The van der Waals surface area contributed by atoms with Gasteiger partial charge in [0.25, 0.3) is 0 Å². The monoisotopic (exact) mass is 237 g/mol. The first-order valence-corrected chi connectivity index (χ1v) is 7.27. The van der Waals surface area contributed by atoms with Crippen LogP contribution < -0.4 is 0 Å². The maximum atomic E-state index is 2.73. The quantitative estimate of drug-likeness (QED) is 0.728. The van der Waals surface area contributed by atoms with Gasteiger partial charge in [-0.1, -0.05) is 0 Å². The molecule has 0 aromatic rings. The van der Waals surface area contributed by atoms with Crippen LogP contribution in [-0.2, 0) is 0 Å². The zero-order chi connectivity index (χ0) is 12.0. The van der Waals surface area contributed by atoms with Crippen LogP contribution in [0.1, 0.15) is 26.7 Å². The number of nitrogens with zero attached hydrogens (tertiary/aromatic N) is 3. The smallest absolute Gasteiger partial charge is 0.0174 e. The molecule has 2 unspecified atom stereocenters. The third-order valence-electron chi connectivity index (χ3n) is 5.21. The van der Waals surface area contributed by atoms with Crippen molar-refractivity contribution in [3.8, 4) is 0 Å². The van der Waals surface area contributed by atoms with E-state index in [4.69, 9.17) is 0 Å². The van der Waals surface area contributed by atoms with Gasteiger partial charge in [-0.2, -0.15) is 0 Å². The second kappa shape index (κ2) is 4.22. The molecule has 0 aromatic carbocycles. The Kier molecular flexibility index (Phi) is 2.96. The number of likely N-dealkylation sites (N-methyl/N-ethyl adjacent to an activating group) is 1. The molecule has 3 fully saturated rings. The highest BCUT2D eigenvalue weighted by atomic mass is 15.3. The topological polar surface area (TPSA) is 9.72 Å². The molecule has 0 amide bonds. The van der Waals surface area contributed by atoms with Gasteiger partial charge in [-0.05, 0) is 40.3 Å². The Labute approximate surface area is 106 Å². The molecule has 3 aliphatic rings. The van der Waals surface area contributed by atoms with Gasteiger partial charge in [0.15, 0.2) is 0 Å². The van der Waals surface area contributed by atoms with Crippen LogP contribution >= 0.6 is 0 Å². The van der Waals surface area contributed by atoms with Crippen molar-refractivity contribution in [3.05, 3.63) is 0 Å². The molecule has 3 nitrogen and oxygen atoms in total. The minimum Gasteiger partial charge on any atom is -0.304 e. The molecule has 3 heteroatoms. The van der Waals surface area contributed by atoms with E-state index in [-0.39, 0.29) is 0 Å². The molecule has 17 heavy (non-hydrogen) atoms. The zero-order valence-electron chi connectivity index (χ0n) is 11.7. The minimum atomic E-state index is 0.695. The summed E-state index contributed by atoms with van der Waals surface area (Å²) in [4.78, 5) is 7.90. The Bertz CT molecular complexity index is 283. The van der Waals surface area contributed by atoms with Gasteiger partial charge in [0, 0.05) is 50.2 Å². The molecule has 2 saturated heterocycles. The van der Waals surface area contributed by atoms with E-state index in [0.29, 0.717) is 5.41 Å². The van der Waals surface area contributed by atoms with Gasteiger partial charge in [-0.3, -0.25) is 4.90 Å². The Hall–Kier alpha value is -0.120. The molecule has 0 aromatic heterocycles. The number of piperidine rings is 1. The lowest BCUT2D eigenvalue weighted by Crippen LogP contribution is -2.46. The highest BCUT2D eigenvalue weighted by molar-refractivity contribution is 5.15. The van der Waals surface area contributed by atoms with Crippen molar-refractivity contribution in [1.29, 1.82) is 0 Å². The molecule has 0 bridgehead atoms. The molecule has 2 heterocycles. The van der Waals surface area contributed by atoms with Crippen LogP contribution in [0.25, 0.3) is 0 Å². The van der Waals surface area contributed by atoms with Crippen molar-refractivity contribution < 1.29 is 0 Å². The van der Waals surface area contributed by atoms with Crippen molar-refractivity contribution >= 4 is 0 Å². The molecule has 0 spiro atoms. The second-order valence-electron chi connectivity index (χ2n) is 6.74. The maximum absolute atomic E-state index is 2.73. The third-order valence-corrected chi connectivity index (χ3v) is 5.21. The molecule has 0 radical (unpaired) electrons. The van der Waals surface area contributed by atoms with Gasteiger partial charge in [-0.15, -0.1) is 0 Å². The fraction of sp³-hybridized carbons (Fsp3) is 1.00. The van der Waals surface area contributed by atoms with Crippen molar-refractivity contribution in [2.45, 2.75) is 38.8 Å². The number of hydrogen-bond donors (Lipinski definition) is 0. The Morgan fingerprint density at radius 2 is 1.82 bits per heavy atom. The summed E-state index contributed by atoms with van der Waals surface area (Å²) >= 11 is 0. The van der Waals surface area contributed by atoms with Crippen LogP contribution in [0.3, 0.4) is 0 Å². The van der Waals surface area contributed by atoms with E-state index in [2.05, 4.69) is 35.6 Å². The lowest BCUT2D eigenvalue weighted by atomic mass is 10.0. The van der Waals surface area contributed by atoms with Crippen molar-refractivity contribution in [2.24, 2.45) is 5.41 Å². The number of piperazine rings is 1. The van der Waals surface area contributed by atoms with E-state index in [1.165, 1.54) is 52.1 Å². The summed E-state index contributed by atoms with van der Waals surface area (Å²) in [5.74, 6) is 0. The average molecular weight is 237 g/mol. The van der Waals surface area contributed by atoms with Gasteiger partial charge in [0.05, 0.1) is 0 Å². The number of rotatable bonds is 3. The van der Waals surface area contributed by atoms with E-state index in [0.717, 1.165) is 12.1 Å². The van der Waals surface area contributed by atoms with Crippen LogP contribution in [0.15, 0.2) is 0 Å². The molecule has 98 valence electrons. The average Bonchev–Trinajstić information content (AvgIpc) is 2.87. The summed E-state index contributed by atoms with van der Waals surface area (Å²) in [7, 11) is 2.24. The number of hydrogen-bond acceptors (Lipinski definition) is 3.